The van der Waals surface area contributed by atoms with E-state index in [1.54, 1.807) is 0 Å². The largest absolute Gasteiger partial charge is 0.479 e. The third-order valence-corrected chi connectivity index (χ3v) is 3.74. The van der Waals surface area contributed by atoms with E-state index in [-0.39, 0.29) is 12.6 Å². The van der Waals surface area contributed by atoms with Gasteiger partial charge in [0.15, 0.2) is 6.61 Å². The van der Waals surface area contributed by atoms with Crippen molar-refractivity contribution in [3.05, 3.63) is 58.1 Å². The van der Waals surface area contributed by atoms with Crippen molar-refractivity contribution in [2.45, 2.75) is 19.9 Å². The zero-order chi connectivity index (χ0) is 15.2. The molecule has 108 valence electrons. The maximum atomic E-state index is 8.49. The Morgan fingerprint density at radius 1 is 1.24 bits per heavy atom. The monoisotopic (exact) mass is 344 g/mol. The number of halogens is 1. The fourth-order valence-electron chi connectivity index (χ4n) is 2.07. The second-order valence-electron chi connectivity index (χ2n) is 4.84. The summed E-state index contributed by atoms with van der Waals surface area (Å²) in [5, 5.41) is 12.0. The molecule has 0 radical (unpaired) electrons. The average molecular weight is 345 g/mol. The Balaban J connectivity index is 2.06. The molecule has 0 spiro atoms. The zero-order valence-electron chi connectivity index (χ0n) is 12.1. The third kappa shape index (κ3) is 4.24. The molecule has 2 aromatic rings. The van der Waals surface area contributed by atoms with E-state index in [0.717, 1.165) is 10.2 Å². The van der Waals surface area contributed by atoms with E-state index in [1.807, 2.05) is 36.4 Å². The van der Waals surface area contributed by atoms with Gasteiger partial charge in [-0.1, -0.05) is 28.1 Å². The first-order valence-electron chi connectivity index (χ1n) is 6.72. The quantitative estimate of drug-likeness (QED) is 0.844. The fraction of sp³-hybridized carbons (Fsp3) is 0.235. The number of rotatable bonds is 5. The van der Waals surface area contributed by atoms with Crippen molar-refractivity contribution >= 4 is 21.6 Å². The maximum absolute atomic E-state index is 8.49. The lowest BCUT2D eigenvalue weighted by Gasteiger charge is -2.18. The van der Waals surface area contributed by atoms with Crippen molar-refractivity contribution in [1.29, 1.82) is 5.26 Å². The van der Waals surface area contributed by atoms with Crippen LogP contribution in [0.4, 0.5) is 5.69 Å². The van der Waals surface area contributed by atoms with Crippen molar-refractivity contribution < 1.29 is 4.74 Å². The van der Waals surface area contributed by atoms with Crippen LogP contribution in [0.15, 0.2) is 46.9 Å². The van der Waals surface area contributed by atoms with Gasteiger partial charge in [-0.25, -0.2) is 0 Å². The van der Waals surface area contributed by atoms with Gasteiger partial charge in [0.2, 0.25) is 0 Å². The Hall–Kier alpha value is -1.99. The summed E-state index contributed by atoms with van der Waals surface area (Å²) in [4.78, 5) is 0. The molecule has 1 N–H and O–H groups in total. The van der Waals surface area contributed by atoms with Crippen LogP contribution in [-0.4, -0.2) is 6.61 Å². The number of aryl methyl sites for hydroxylation is 1. The zero-order valence-corrected chi connectivity index (χ0v) is 13.6. The van der Waals surface area contributed by atoms with Crippen LogP contribution >= 0.6 is 15.9 Å². The molecule has 3 nitrogen and oxygen atoms in total. The molecule has 0 amide bonds. The predicted octanol–water partition coefficient (Wildman–Crippen LogP) is 4.83. The molecule has 0 saturated heterocycles. The number of hydrogen-bond acceptors (Lipinski definition) is 3. The van der Waals surface area contributed by atoms with E-state index in [9.17, 15) is 0 Å². The smallest absolute Gasteiger partial charge is 0.174 e. The summed E-state index contributed by atoms with van der Waals surface area (Å²) in [5.74, 6) is 0.715. The molecule has 0 saturated carbocycles. The summed E-state index contributed by atoms with van der Waals surface area (Å²) in [6.07, 6.45) is 0. The summed E-state index contributed by atoms with van der Waals surface area (Å²) in [7, 11) is 0. The molecule has 0 aliphatic rings. The molecule has 0 aliphatic carbocycles. The third-order valence-electron chi connectivity index (χ3n) is 3.24. The Labute approximate surface area is 133 Å². The molecular formula is C17H17BrN2O. The van der Waals surface area contributed by atoms with E-state index >= 15 is 0 Å². The number of nitriles is 1. The van der Waals surface area contributed by atoms with Crippen LogP contribution < -0.4 is 10.1 Å². The van der Waals surface area contributed by atoms with Crippen molar-refractivity contribution in [2.24, 2.45) is 0 Å². The first-order valence-corrected chi connectivity index (χ1v) is 7.52. The Kier molecular flexibility index (Phi) is 5.24. The van der Waals surface area contributed by atoms with E-state index in [4.69, 9.17) is 10.00 Å². The fourth-order valence-corrected chi connectivity index (χ4v) is 2.55. The number of nitrogens with zero attached hydrogens (tertiary/aromatic N) is 1. The number of nitrogens with one attached hydrogen (secondary N) is 1. The number of anilines is 1. The highest BCUT2D eigenvalue weighted by Gasteiger charge is 2.07. The molecule has 0 heterocycles. The van der Waals surface area contributed by atoms with Crippen LogP contribution in [0.5, 0.6) is 5.75 Å². The number of ether oxygens (including phenoxy) is 1. The number of benzene rings is 2. The highest BCUT2D eigenvalue weighted by atomic mass is 79.9. The normalized spacial score (nSPS) is 11.5. The highest BCUT2D eigenvalue weighted by Crippen LogP contribution is 2.25. The summed E-state index contributed by atoms with van der Waals surface area (Å²) in [5.41, 5.74) is 3.49. The second kappa shape index (κ2) is 7.14. The van der Waals surface area contributed by atoms with Crippen LogP contribution in [0.2, 0.25) is 0 Å². The van der Waals surface area contributed by atoms with E-state index < -0.39 is 0 Å². The van der Waals surface area contributed by atoms with Gasteiger partial charge in [-0.3, -0.25) is 0 Å². The molecule has 21 heavy (non-hydrogen) atoms. The standard InChI is InChI=1S/C17H17BrN2O/c1-12-11-15(18)5-8-17(12)20-13(2)14-3-6-16(7-4-14)21-10-9-19/h3-8,11,13,20H,10H2,1-2H3. The van der Waals surface area contributed by atoms with Gasteiger partial charge in [0.25, 0.3) is 0 Å². The van der Waals surface area contributed by atoms with Gasteiger partial charge in [-0.15, -0.1) is 0 Å². The molecular weight excluding hydrogens is 328 g/mol. The van der Waals surface area contributed by atoms with Gasteiger partial charge in [0.1, 0.15) is 11.8 Å². The van der Waals surface area contributed by atoms with Gasteiger partial charge in [0.05, 0.1) is 0 Å². The summed E-state index contributed by atoms with van der Waals surface area (Å²) in [6, 6.07) is 16.1. The SMILES string of the molecule is Cc1cc(Br)ccc1NC(C)c1ccc(OCC#N)cc1. The van der Waals surface area contributed by atoms with Crippen LogP contribution in [0, 0.1) is 18.3 Å². The summed E-state index contributed by atoms with van der Waals surface area (Å²) in [6.45, 7) is 4.27. The first kappa shape index (κ1) is 15.4. The first-order chi connectivity index (χ1) is 10.1. The van der Waals surface area contributed by atoms with Crippen LogP contribution in [0.1, 0.15) is 24.1 Å². The molecule has 0 aromatic heterocycles. The lowest BCUT2D eigenvalue weighted by molar-refractivity contribution is 0.368. The molecule has 4 heteroatoms. The minimum absolute atomic E-state index is 0.0746. The highest BCUT2D eigenvalue weighted by molar-refractivity contribution is 9.10. The van der Waals surface area contributed by atoms with Crippen molar-refractivity contribution in [3.63, 3.8) is 0 Å². The van der Waals surface area contributed by atoms with Crippen molar-refractivity contribution in [1.82, 2.24) is 0 Å². The Morgan fingerprint density at radius 3 is 2.57 bits per heavy atom. The van der Waals surface area contributed by atoms with Crippen LogP contribution in [0.25, 0.3) is 0 Å². The summed E-state index contributed by atoms with van der Waals surface area (Å²) < 4.78 is 6.33. The second-order valence-corrected chi connectivity index (χ2v) is 5.76. The van der Waals surface area contributed by atoms with Gasteiger partial charge in [-0.2, -0.15) is 5.26 Å². The predicted molar refractivity (Wildman–Crippen MR) is 88.5 cm³/mol. The molecule has 1 atom stereocenters. The minimum atomic E-state index is 0.0746. The average Bonchev–Trinajstić information content (AvgIpc) is 2.48. The lowest BCUT2D eigenvalue weighted by Crippen LogP contribution is -2.07. The Bertz CT molecular complexity index is 647. The van der Waals surface area contributed by atoms with Crippen LogP contribution in [-0.2, 0) is 0 Å². The lowest BCUT2D eigenvalue weighted by atomic mass is 10.1. The van der Waals surface area contributed by atoms with E-state index in [1.165, 1.54) is 11.1 Å². The topological polar surface area (TPSA) is 45.0 Å². The summed E-state index contributed by atoms with van der Waals surface area (Å²) >= 11 is 3.47. The molecule has 0 aliphatic heterocycles. The Morgan fingerprint density at radius 2 is 1.95 bits per heavy atom. The maximum Gasteiger partial charge on any atom is 0.174 e. The van der Waals surface area contributed by atoms with Crippen molar-refractivity contribution in [3.8, 4) is 11.8 Å². The van der Waals surface area contributed by atoms with Gasteiger partial charge in [0, 0.05) is 16.2 Å². The molecule has 2 aromatic carbocycles. The van der Waals surface area contributed by atoms with Gasteiger partial charge < -0.3 is 10.1 Å². The molecule has 0 fully saturated rings. The van der Waals surface area contributed by atoms with Crippen LogP contribution in [0.3, 0.4) is 0 Å². The minimum Gasteiger partial charge on any atom is -0.479 e. The van der Waals surface area contributed by atoms with Crippen molar-refractivity contribution in [2.75, 3.05) is 11.9 Å². The molecule has 2 rings (SSSR count). The van der Waals surface area contributed by atoms with Gasteiger partial charge >= 0.3 is 0 Å². The van der Waals surface area contributed by atoms with E-state index in [2.05, 4.69) is 47.2 Å². The molecule has 1 unspecified atom stereocenters. The van der Waals surface area contributed by atoms with E-state index in [0.29, 0.717) is 5.75 Å². The van der Waals surface area contributed by atoms with Gasteiger partial charge in [-0.05, 0) is 55.3 Å². The molecule has 0 bridgehead atoms. The number of hydrogen-bond donors (Lipinski definition) is 1.